The Bertz CT molecular complexity index is 539. The summed E-state index contributed by atoms with van der Waals surface area (Å²) in [4.78, 5) is -0.000139. The van der Waals surface area contributed by atoms with Crippen molar-refractivity contribution in [1.82, 2.24) is 4.31 Å². The van der Waals surface area contributed by atoms with Crippen molar-refractivity contribution in [2.24, 2.45) is 0 Å². The van der Waals surface area contributed by atoms with Crippen LogP contribution in [0.5, 0.6) is 0 Å². The molecule has 1 aliphatic heterocycles. The Hall–Kier alpha value is -1.02. The molecule has 0 saturated carbocycles. The number of benzene rings is 1. The molecule has 1 fully saturated rings. The smallest absolute Gasteiger partial charge is 0.243 e. The van der Waals surface area contributed by atoms with Crippen LogP contribution in [-0.2, 0) is 21.4 Å². The Morgan fingerprint density at radius 3 is 2.84 bits per heavy atom. The van der Waals surface area contributed by atoms with E-state index in [-0.39, 0.29) is 17.0 Å². The number of nitrogens with zero attached hydrogens (tertiary/aromatic N) is 1. The molecule has 19 heavy (non-hydrogen) atoms. The molecule has 5 nitrogen and oxygen atoms in total. The van der Waals surface area contributed by atoms with Crippen molar-refractivity contribution < 1.29 is 22.7 Å². The molecule has 0 bridgehead atoms. The molecule has 0 unspecified atom stereocenters. The highest BCUT2D eigenvalue weighted by Crippen LogP contribution is 2.20. The highest BCUT2D eigenvalue weighted by atomic mass is 32.2. The van der Waals surface area contributed by atoms with E-state index in [0.717, 1.165) is 6.07 Å². The molecule has 1 aromatic rings. The summed E-state index contributed by atoms with van der Waals surface area (Å²) in [6.07, 6.45) is 0.632. The van der Waals surface area contributed by atoms with Gasteiger partial charge in [-0.05, 0) is 24.6 Å². The van der Waals surface area contributed by atoms with E-state index in [1.807, 2.05) is 0 Å². The maximum atomic E-state index is 13.3. The van der Waals surface area contributed by atoms with E-state index < -0.39 is 22.4 Å². The average Bonchev–Trinajstić information content (AvgIpc) is 2.68. The second-order valence-corrected chi connectivity index (χ2v) is 6.22. The van der Waals surface area contributed by atoms with Crippen molar-refractivity contribution in [3.8, 4) is 0 Å². The van der Waals surface area contributed by atoms with Crippen LogP contribution in [0.2, 0.25) is 0 Å². The quantitative estimate of drug-likeness (QED) is 0.891. The second kappa shape index (κ2) is 5.96. The molecular formula is C12H16FNO4S. The Morgan fingerprint density at radius 2 is 2.11 bits per heavy atom. The first-order chi connectivity index (χ1) is 9.05. The monoisotopic (exact) mass is 289 g/mol. The summed E-state index contributed by atoms with van der Waals surface area (Å²) in [5, 5.41) is 9.00. The van der Waals surface area contributed by atoms with E-state index in [9.17, 15) is 12.8 Å². The third kappa shape index (κ3) is 3.11. The fourth-order valence-corrected chi connectivity index (χ4v) is 3.46. The maximum absolute atomic E-state index is 13.3. The van der Waals surface area contributed by atoms with Crippen molar-refractivity contribution in [2.45, 2.75) is 17.9 Å². The van der Waals surface area contributed by atoms with Gasteiger partial charge in [0.25, 0.3) is 0 Å². The van der Waals surface area contributed by atoms with Crippen LogP contribution in [0.3, 0.4) is 0 Å². The zero-order valence-electron chi connectivity index (χ0n) is 10.4. The summed E-state index contributed by atoms with van der Waals surface area (Å²) in [6.45, 7) is 1.03. The molecule has 0 radical (unpaired) electrons. The first kappa shape index (κ1) is 14.4. The summed E-state index contributed by atoms with van der Waals surface area (Å²) < 4.78 is 44.6. The van der Waals surface area contributed by atoms with Gasteiger partial charge in [-0.2, -0.15) is 4.31 Å². The molecule has 1 aromatic carbocycles. The standard InChI is InChI=1S/C12H16FNO4S/c13-12-3-2-11(8-10(12)9-15)19(16,17)14-4-1-6-18-7-5-14/h2-3,8,15H,1,4-7,9H2. The Labute approximate surface area is 111 Å². The zero-order valence-corrected chi connectivity index (χ0v) is 11.2. The predicted molar refractivity (Wildman–Crippen MR) is 66.5 cm³/mol. The number of hydrogen-bond donors (Lipinski definition) is 1. The molecule has 0 amide bonds. The summed E-state index contributed by atoms with van der Waals surface area (Å²) >= 11 is 0. The van der Waals surface area contributed by atoms with Crippen LogP contribution < -0.4 is 0 Å². The Balaban J connectivity index is 2.32. The van der Waals surface area contributed by atoms with E-state index in [1.54, 1.807) is 0 Å². The SMILES string of the molecule is O=S(=O)(c1ccc(F)c(CO)c1)N1CCCOCC1. The van der Waals surface area contributed by atoms with Crippen molar-refractivity contribution >= 4 is 10.0 Å². The third-order valence-corrected chi connectivity index (χ3v) is 4.90. The molecule has 0 aromatic heterocycles. The molecule has 106 valence electrons. The normalized spacial score (nSPS) is 18.2. The van der Waals surface area contributed by atoms with Gasteiger partial charge < -0.3 is 9.84 Å². The minimum atomic E-state index is -3.66. The average molecular weight is 289 g/mol. The molecule has 1 saturated heterocycles. The number of ether oxygens (including phenoxy) is 1. The molecule has 0 atom stereocenters. The van der Waals surface area contributed by atoms with Crippen molar-refractivity contribution in [3.05, 3.63) is 29.6 Å². The molecule has 0 aliphatic carbocycles. The van der Waals surface area contributed by atoms with Gasteiger partial charge in [-0.25, -0.2) is 12.8 Å². The molecule has 1 aliphatic rings. The van der Waals surface area contributed by atoms with Gasteiger partial charge >= 0.3 is 0 Å². The van der Waals surface area contributed by atoms with E-state index >= 15 is 0 Å². The van der Waals surface area contributed by atoms with E-state index in [1.165, 1.54) is 16.4 Å². The first-order valence-electron chi connectivity index (χ1n) is 6.03. The van der Waals surface area contributed by atoms with E-state index in [2.05, 4.69) is 0 Å². The maximum Gasteiger partial charge on any atom is 0.243 e. The van der Waals surface area contributed by atoms with E-state index in [4.69, 9.17) is 9.84 Å². The van der Waals surface area contributed by atoms with Crippen LogP contribution in [0, 0.1) is 5.82 Å². The van der Waals surface area contributed by atoms with Crippen LogP contribution in [0.1, 0.15) is 12.0 Å². The summed E-state index contributed by atoms with van der Waals surface area (Å²) in [5.41, 5.74) is -0.0212. The van der Waals surface area contributed by atoms with Crippen LogP contribution in [0.15, 0.2) is 23.1 Å². The van der Waals surface area contributed by atoms with Crippen LogP contribution >= 0.6 is 0 Å². The fourth-order valence-electron chi connectivity index (χ4n) is 1.95. The largest absolute Gasteiger partial charge is 0.392 e. The molecule has 0 spiro atoms. The lowest BCUT2D eigenvalue weighted by molar-refractivity contribution is 0.148. The van der Waals surface area contributed by atoms with Gasteiger partial charge in [-0.1, -0.05) is 0 Å². The lowest BCUT2D eigenvalue weighted by Gasteiger charge is -2.19. The van der Waals surface area contributed by atoms with Gasteiger partial charge in [0.1, 0.15) is 5.82 Å². The zero-order chi connectivity index (χ0) is 13.9. The highest BCUT2D eigenvalue weighted by Gasteiger charge is 2.26. The second-order valence-electron chi connectivity index (χ2n) is 4.28. The minimum Gasteiger partial charge on any atom is -0.392 e. The van der Waals surface area contributed by atoms with Crippen molar-refractivity contribution in [1.29, 1.82) is 0 Å². The van der Waals surface area contributed by atoms with Gasteiger partial charge in [-0.3, -0.25) is 0 Å². The third-order valence-electron chi connectivity index (χ3n) is 3.01. The van der Waals surface area contributed by atoms with E-state index in [0.29, 0.717) is 26.2 Å². The number of aliphatic hydroxyl groups excluding tert-OH is 1. The molecule has 2 rings (SSSR count). The molecule has 7 heteroatoms. The Kier molecular flexibility index (Phi) is 4.51. The number of halogens is 1. The van der Waals surface area contributed by atoms with Gasteiger partial charge in [0.2, 0.25) is 10.0 Å². The topological polar surface area (TPSA) is 66.8 Å². The lowest BCUT2D eigenvalue weighted by atomic mass is 10.2. The van der Waals surface area contributed by atoms with Gasteiger partial charge in [-0.15, -0.1) is 0 Å². The molecule has 1 N–H and O–H groups in total. The first-order valence-corrected chi connectivity index (χ1v) is 7.47. The summed E-state index contributed by atoms with van der Waals surface area (Å²) in [7, 11) is -3.66. The van der Waals surface area contributed by atoms with Crippen LogP contribution in [0.4, 0.5) is 4.39 Å². The van der Waals surface area contributed by atoms with Crippen LogP contribution in [0.25, 0.3) is 0 Å². The number of hydrogen-bond acceptors (Lipinski definition) is 4. The van der Waals surface area contributed by atoms with Gasteiger partial charge in [0.05, 0.1) is 18.1 Å². The van der Waals surface area contributed by atoms with Gasteiger partial charge in [0.15, 0.2) is 0 Å². The Morgan fingerprint density at radius 1 is 1.32 bits per heavy atom. The highest BCUT2D eigenvalue weighted by molar-refractivity contribution is 7.89. The van der Waals surface area contributed by atoms with Crippen LogP contribution in [-0.4, -0.2) is 44.1 Å². The number of rotatable bonds is 3. The number of sulfonamides is 1. The number of aliphatic hydroxyl groups is 1. The predicted octanol–water partition coefficient (Wildman–Crippen LogP) is 0.729. The fraction of sp³-hybridized carbons (Fsp3) is 0.500. The summed E-state index contributed by atoms with van der Waals surface area (Å²) in [6, 6.07) is 3.46. The van der Waals surface area contributed by atoms with Gasteiger partial charge in [0, 0.05) is 25.3 Å². The molecular weight excluding hydrogens is 273 g/mol. The van der Waals surface area contributed by atoms with Crippen molar-refractivity contribution in [2.75, 3.05) is 26.3 Å². The molecule has 1 heterocycles. The minimum absolute atomic E-state index is 0.000139. The summed E-state index contributed by atoms with van der Waals surface area (Å²) in [5.74, 6) is -0.611. The van der Waals surface area contributed by atoms with Crippen molar-refractivity contribution in [3.63, 3.8) is 0 Å². The lowest BCUT2D eigenvalue weighted by Crippen LogP contribution is -2.33.